The van der Waals surface area contributed by atoms with Gasteiger partial charge in [-0.2, -0.15) is 13.9 Å². The molecule has 0 fully saturated rings. The summed E-state index contributed by atoms with van der Waals surface area (Å²) in [6.07, 6.45) is 21.8. The highest BCUT2D eigenvalue weighted by atomic mass is 31.2. The lowest BCUT2D eigenvalue weighted by molar-refractivity contribution is -0.145. The van der Waals surface area contributed by atoms with Crippen molar-refractivity contribution in [2.24, 2.45) is 0 Å². The zero-order chi connectivity index (χ0) is 40.8. The largest absolute Gasteiger partial charge is 0.513 e. The molecule has 0 saturated carbocycles. The molecule has 0 radical (unpaired) electrons. The third-order valence-electron chi connectivity index (χ3n) is 9.30. The van der Waals surface area contributed by atoms with E-state index < -0.39 is 72.6 Å². The number of hydrogen-bond donors (Lipinski definition) is 1. The van der Waals surface area contributed by atoms with Crippen LogP contribution in [0.4, 0.5) is 30.7 Å². The molecule has 0 amide bonds. The fraction of sp³-hybridized carbons (Fsp3) is 0.548. The van der Waals surface area contributed by atoms with Crippen molar-refractivity contribution in [1.29, 1.82) is 0 Å². The minimum Gasteiger partial charge on any atom is -0.465 e. The second-order valence-corrected chi connectivity index (χ2v) is 15.7. The maximum atomic E-state index is 14.7. The van der Waals surface area contributed by atoms with E-state index in [1.807, 2.05) is 0 Å². The number of unbranched alkanes of at least 4 members (excludes halogenated alkanes) is 18. The van der Waals surface area contributed by atoms with E-state index >= 15 is 0 Å². The Morgan fingerprint density at radius 1 is 0.589 bits per heavy atom. The summed E-state index contributed by atoms with van der Waals surface area (Å²) in [6, 6.07) is 7.41. The van der Waals surface area contributed by atoms with Crippen molar-refractivity contribution >= 4 is 13.7 Å². The van der Waals surface area contributed by atoms with Crippen molar-refractivity contribution < 1.29 is 53.9 Å². The summed E-state index contributed by atoms with van der Waals surface area (Å²) in [4.78, 5) is 13.4. The van der Waals surface area contributed by atoms with Gasteiger partial charge in [-0.05, 0) is 42.7 Å². The Bertz CT molecular complexity index is 1620. The Morgan fingerprint density at radius 3 is 1.48 bits per heavy atom. The van der Waals surface area contributed by atoms with Gasteiger partial charge in [-0.15, -0.1) is 0 Å². The molecule has 0 bridgehead atoms. The molecule has 3 aromatic rings. The molecular weight excluding hydrogens is 762 g/mol. The van der Waals surface area contributed by atoms with Crippen LogP contribution in [0.2, 0.25) is 0 Å². The van der Waals surface area contributed by atoms with E-state index in [1.165, 1.54) is 114 Å². The Kier molecular flexibility index (Phi) is 21.4. The topological polar surface area (TPSA) is 73.9 Å². The van der Waals surface area contributed by atoms with Gasteiger partial charge in [0.25, 0.3) is 0 Å². The summed E-state index contributed by atoms with van der Waals surface area (Å²) in [5.41, 5.74) is -0.122. The normalized spacial score (nSPS) is 13.0. The number of benzene rings is 3. The minimum absolute atomic E-state index is 0.0876. The number of ether oxygens (including phenoxy) is 1. The average Bonchev–Trinajstić information content (AvgIpc) is 3.17. The molecule has 0 aromatic heterocycles. The monoisotopic (exact) mass is 817 g/mol. The van der Waals surface area contributed by atoms with E-state index in [0.717, 1.165) is 44.2 Å². The molecule has 0 saturated heterocycles. The fourth-order valence-corrected chi connectivity index (χ4v) is 7.79. The van der Waals surface area contributed by atoms with E-state index in [-0.39, 0.29) is 17.9 Å². The molecule has 0 heterocycles. The van der Waals surface area contributed by atoms with Gasteiger partial charge in [0.1, 0.15) is 23.4 Å². The van der Waals surface area contributed by atoms with Crippen LogP contribution in [0.15, 0.2) is 48.5 Å². The summed E-state index contributed by atoms with van der Waals surface area (Å²) in [6.45, 7) is 2.15. The van der Waals surface area contributed by atoms with Gasteiger partial charge >= 0.3 is 13.7 Å². The van der Waals surface area contributed by atoms with Crippen LogP contribution in [-0.2, 0) is 20.5 Å². The van der Waals surface area contributed by atoms with Crippen molar-refractivity contribution in [2.45, 2.75) is 141 Å². The number of rotatable bonds is 29. The van der Waals surface area contributed by atoms with E-state index in [1.54, 1.807) is 0 Å². The highest BCUT2D eigenvalue weighted by molar-refractivity contribution is 7.52. The number of nitrogens with one attached hydrogen (secondary N) is 1. The number of para-hydroxylation sites is 1. The highest BCUT2D eigenvalue weighted by Gasteiger charge is 2.40. The van der Waals surface area contributed by atoms with E-state index in [4.69, 9.17) is 13.8 Å². The molecule has 312 valence electrons. The van der Waals surface area contributed by atoms with Gasteiger partial charge < -0.3 is 13.8 Å². The van der Waals surface area contributed by atoms with Gasteiger partial charge in [-0.3, -0.25) is 4.79 Å². The molecule has 3 aromatic carbocycles. The number of esters is 1. The quantitative estimate of drug-likeness (QED) is 0.0188. The molecule has 6 nitrogen and oxygen atoms in total. The van der Waals surface area contributed by atoms with Crippen molar-refractivity contribution in [3.05, 3.63) is 94.8 Å². The Morgan fingerprint density at radius 2 is 1.02 bits per heavy atom. The molecule has 0 aliphatic rings. The Hall–Kier alpha value is -3.57. The molecule has 2 atom stereocenters. The van der Waals surface area contributed by atoms with Crippen molar-refractivity contribution in [1.82, 2.24) is 5.09 Å². The van der Waals surface area contributed by atoms with Gasteiger partial charge in [0, 0.05) is 6.07 Å². The first-order valence-electron chi connectivity index (χ1n) is 19.9. The van der Waals surface area contributed by atoms with Crippen molar-refractivity contribution in [2.75, 3.05) is 6.61 Å². The minimum atomic E-state index is -5.30. The highest BCUT2D eigenvalue weighted by Crippen LogP contribution is 2.48. The first kappa shape index (κ1) is 46.8. The second kappa shape index (κ2) is 25.6. The zero-order valence-electron chi connectivity index (χ0n) is 32.2. The molecule has 1 unspecified atom stereocenters. The van der Waals surface area contributed by atoms with Crippen LogP contribution in [-0.4, -0.2) is 18.6 Å². The Labute approximate surface area is 326 Å². The van der Waals surface area contributed by atoms with E-state index in [2.05, 4.69) is 12.0 Å². The molecule has 3 rings (SSSR count). The SMILES string of the molecule is CCCCCCCCCCCCCCCCCCCCCOC(=O)[C@H](Cc1cc(F)cc(F)c1)NP(=O)(Oc1ccccc1)Oc1c(F)c(F)c(F)c(F)c1F. The molecule has 0 aliphatic carbocycles. The number of carbonyl (C=O) groups is 1. The molecule has 0 spiro atoms. The lowest BCUT2D eigenvalue weighted by atomic mass is 10.0. The van der Waals surface area contributed by atoms with Crippen LogP contribution < -0.4 is 14.1 Å². The van der Waals surface area contributed by atoms with Crippen molar-refractivity contribution in [3.8, 4) is 11.5 Å². The van der Waals surface area contributed by atoms with Gasteiger partial charge in [-0.1, -0.05) is 141 Å². The summed E-state index contributed by atoms with van der Waals surface area (Å²) in [7, 11) is -5.30. The summed E-state index contributed by atoms with van der Waals surface area (Å²) < 4.78 is 129. The van der Waals surface area contributed by atoms with Gasteiger partial charge in [-0.25, -0.2) is 26.5 Å². The maximum Gasteiger partial charge on any atom is 0.513 e. The van der Waals surface area contributed by atoms with Gasteiger partial charge in [0.2, 0.25) is 34.8 Å². The predicted molar refractivity (Wildman–Crippen MR) is 203 cm³/mol. The first-order valence-corrected chi connectivity index (χ1v) is 21.4. The van der Waals surface area contributed by atoms with Gasteiger partial charge in [0.05, 0.1) is 6.61 Å². The Balaban J connectivity index is 1.51. The average molecular weight is 818 g/mol. The molecular formula is C42H55F7NO5P. The smallest absolute Gasteiger partial charge is 0.465 e. The molecule has 0 aliphatic heterocycles. The molecule has 14 heteroatoms. The first-order chi connectivity index (χ1) is 26.9. The number of halogens is 7. The van der Waals surface area contributed by atoms with E-state index in [0.29, 0.717) is 12.5 Å². The number of carbonyl (C=O) groups excluding carboxylic acids is 1. The summed E-state index contributed by atoms with van der Waals surface area (Å²) >= 11 is 0. The standard InChI is InChI=1S/C42H55F7NO5P/c1-2-3-4-5-6-7-8-9-10-11-12-13-14-15-16-17-18-19-23-26-53-42(51)35(29-31-27-32(43)30-33(44)28-31)50-56(52,54-34-24-21-20-22-25-34)55-41-39(48)37(46)36(45)38(47)40(41)49/h20-22,24-25,27-28,30,35H,2-19,23,26,29H2,1H3,(H,50,52)/t35-,56?/m0/s1. The third-order valence-corrected chi connectivity index (χ3v) is 10.8. The van der Waals surface area contributed by atoms with Crippen molar-refractivity contribution in [3.63, 3.8) is 0 Å². The molecule has 1 N–H and O–H groups in total. The van der Waals surface area contributed by atoms with E-state index in [9.17, 15) is 40.1 Å². The van der Waals surface area contributed by atoms with Crippen LogP contribution >= 0.6 is 7.75 Å². The van der Waals surface area contributed by atoms with Gasteiger partial charge in [0.15, 0.2) is 0 Å². The van der Waals surface area contributed by atoms with Crippen LogP contribution in [0.25, 0.3) is 0 Å². The number of hydrogen-bond acceptors (Lipinski definition) is 5. The summed E-state index contributed by atoms with van der Waals surface area (Å²) in [5.74, 6) is -17.4. The third kappa shape index (κ3) is 16.9. The van der Waals surface area contributed by atoms with Crippen LogP contribution in [0.3, 0.4) is 0 Å². The predicted octanol–water partition coefficient (Wildman–Crippen LogP) is 13.4. The summed E-state index contributed by atoms with van der Waals surface area (Å²) in [5, 5.41) is 2.15. The molecule has 56 heavy (non-hydrogen) atoms. The zero-order valence-corrected chi connectivity index (χ0v) is 33.1. The lowest BCUT2D eigenvalue weighted by Gasteiger charge is -2.25. The fourth-order valence-electron chi connectivity index (χ4n) is 6.27. The maximum absolute atomic E-state index is 14.7. The second-order valence-electron chi connectivity index (χ2n) is 14.1. The van der Waals surface area contributed by atoms with Crippen LogP contribution in [0, 0.1) is 40.7 Å². The van der Waals surface area contributed by atoms with Crippen LogP contribution in [0.5, 0.6) is 11.5 Å². The van der Waals surface area contributed by atoms with Crippen LogP contribution in [0.1, 0.15) is 134 Å². The lowest BCUT2D eigenvalue weighted by Crippen LogP contribution is -2.40.